The molecule has 0 radical (unpaired) electrons. The smallest absolute Gasteiger partial charge is 0.462 e. The minimum atomic E-state index is -4.94. The van der Waals surface area contributed by atoms with Crippen LogP contribution in [0.5, 0.6) is 0 Å². The van der Waals surface area contributed by atoms with Crippen LogP contribution in [-0.4, -0.2) is 96.7 Å². The predicted octanol–water partition coefficient (Wildman–Crippen LogP) is 17.7. The summed E-state index contributed by atoms with van der Waals surface area (Å²) in [7, 11) is -9.88. The first kappa shape index (κ1) is 81.1. The highest BCUT2D eigenvalue weighted by Gasteiger charge is 2.30. The fourth-order valence-electron chi connectivity index (χ4n) is 9.50. The van der Waals surface area contributed by atoms with Crippen molar-refractivity contribution >= 4 is 39.5 Å². The maximum absolute atomic E-state index is 13.0. The highest BCUT2D eigenvalue weighted by Crippen LogP contribution is 2.45. The Morgan fingerprint density at radius 1 is 0.349 bits per heavy atom. The molecule has 0 fully saturated rings. The van der Waals surface area contributed by atoms with E-state index in [4.69, 9.17) is 37.0 Å². The molecule has 0 aromatic heterocycles. The van der Waals surface area contributed by atoms with Crippen molar-refractivity contribution in [2.75, 3.05) is 39.6 Å². The molecule has 0 spiro atoms. The summed E-state index contributed by atoms with van der Waals surface area (Å²) in [5, 5.41) is 10.5. The van der Waals surface area contributed by atoms with Gasteiger partial charge in [-0.25, -0.2) is 9.13 Å². The Morgan fingerprint density at radius 2 is 0.614 bits per heavy atom. The molecule has 0 aliphatic heterocycles. The molecule has 83 heavy (non-hydrogen) atoms. The van der Waals surface area contributed by atoms with E-state index in [0.717, 1.165) is 109 Å². The topological polar surface area (TPSA) is 237 Å². The molecule has 3 N–H and O–H groups in total. The Bertz CT molecular complexity index is 1630. The Hall–Kier alpha value is -1.94. The maximum Gasteiger partial charge on any atom is 0.472 e. The van der Waals surface area contributed by atoms with Gasteiger partial charge >= 0.3 is 39.5 Å². The minimum Gasteiger partial charge on any atom is -0.462 e. The van der Waals surface area contributed by atoms with Gasteiger partial charge < -0.3 is 33.8 Å². The minimum absolute atomic E-state index is 0.102. The van der Waals surface area contributed by atoms with Gasteiger partial charge in [0.1, 0.15) is 19.3 Å². The molecule has 17 nitrogen and oxygen atoms in total. The number of phosphoric acid groups is 2. The van der Waals surface area contributed by atoms with Gasteiger partial charge in [-0.05, 0) is 37.5 Å². The molecule has 6 atom stereocenters. The number of hydrogen-bond acceptors (Lipinski definition) is 15. The van der Waals surface area contributed by atoms with Crippen molar-refractivity contribution in [3.63, 3.8) is 0 Å². The van der Waals surface area contributed by atoms with Gasteiger partial charge in [0.05, 0.1) is 26.4 Å². The first-order valence-electron chi connectivity index (χ1n) is 33.5. The first-order valence-corrected chi connectivity index (χ1v) is 36.5. The highest BCUT2D eigenvalue weighted by molar-refractivity contribution is 7.47. The second-order valence-corrected chi connectivity index (χ2v) is 26.8. The maximum atomic E-state index is 13.0. The zero-order chi connectivity index (χ0) is 61.5. The Balaban J connectivity index is 5.21. The Labute approximate surface area is 505 Å². The third-order valence-electron chi connectivity index (χ3n) is 15.1. The van der Waals surface area contributed by atoms with E-state index in [1.807, 2.05) is 0 Å². The van der Waals surface area contributed by atoms with Crippen LogP contribution in [0, 0.1) is 11.8 Å². The Morgan fingerprint density at radius 3 is 0.916 bits per heavy atom. The van der Waals surface area contributed by atoms with E-state index in [9.17, 15) is 43.2 Å². The van der Waals surface area contributed by atoms with E-state index in [1.54, 1.807) is 0 Å². The fourth-order valence-corrected chi connectivity index (χ4v) is 11.1. The molecule has 0 saturated heterocycles. The lowest BCUT2D eigenvalue weighted by Crippen LogP contribution is -2.30. The van der Waals surface area contributed by atoms with Crippen molar-refractivity contribution in [1.82, 2.24) is 0 Å². The summed E-state index contributed by atoms with van der Waals surface area (Å²) in [6, 6.07) is 0. The van der Waals surface area contributed by atoms with Crippen LogP contribution < -0.4 is 0 Å². The van der Waals surface area contributed by atoms with Crippen molar-refractivity contribution in [3.05, 3.63) is 0 Å². The summed E-state index contributed by atoms with van der Waals surface area (Å²) in [6.45, 7) is 9.37. The third kappa shape index (κ3) is 57.6. The zero-order valence-corrected chi connectivity index (χ0v) is 55.3. The van der Waals surface area contributed by atoms with E-state index in [-0.39, 0.29) is 25.7 Å². The standard InChI is InChI=1S/C64H124O17P2/c1-7-10-12-14-16-17-18-19-20-21-22-23-29-36-42-48-63(68)80-59(53-75-62(67)47-41-35-28-25-24-27-33-39-45-57(6)9-3)54-78-82(70,71)76-50-58(65)51-77-83(72,73)79-55-60(52-74-61(66)46-40-34-26-15-13-11-8-2)81-64(69)49-43-37-31-30-32-38-44-56(4)5/h56-60,65H,7-55H2,1-6H3,(H,70,71)(H,72,73)/t57?,58-,59-,60-/m1/s1. The molecular formula is C64H124O17P2. The normalized spacial score (nSPS) is 14.6. The summed E-state index contributed by atoms with van der Waals surface area (Å²) in [5.41, 5.74) is 0. The molecule has 0 rings (SSSR count). The quantitative estimate of drug-likeness (QED) is 0.0222. The van der Waals surface area contributed by atoms with Crippen LogP contribution in [0.1, 0.15) is 318 Å². The summed E-state index contributed by atoms with van der Waals surface area (Å²) in [4.78, 5) is 72.1. The second kappa shape index (κ2) is 56.6. The molecule has 19 heteroatoms. The highest BCUT2D eigenvalue weighted by atomic mass is 31.2. The largest absolute Gasteiger partial charge is 0.472 e. The molecule has 0 aliphatic carbocycles. The molecule has 3 unspecified atom stereocenters. The van der Waals surface area contributed by atoms with Crippen LogP contribution in [0.15, 0.2) is 0 Å². The number of aliphatic hydroxyl groups is 1. The first-order chi connectivity index (χ1) is 39.9. The van der Waals surface area contributed by atoms with E-state index in [2.05, 4.69) is 41.5 Å². The van der Waals surface area contributed by atoms with Crippen LogP contribution in [0.3, 0.4) is 0 Å². The van der Waals surface area contributed by atoms with E-state index in [0.29, 0.717) is 31.6 Å². The van der Waals surface area contributed by atoms with Crippen molar-refractivity contribution in [2.45, 2.75) is 336 Å². The van der Waals surface area contributed by atoms with Crippen LogP contribution in [0.25, 0.3) is 0 Å². The number of carbonyl (C=O) groups is 4. The third-order valence-corrected chi connectivity index (χ3v) is 17.0. The summed E-state index contributed by atoms with van der Waals surface area (Å²) in [6.07, 6.45) is 39.2. The molecule has 0 aliphatic rings. The molecule has 0 heterocycles. The molecule has 0 aromatic rings. The van der Waals surface area contributed by atoms with Gasteiger partial charge in [0.15, 0.2) is 12.2 Å². The number of carbonyl (C=O) groups excluding carboxylic acids is 4. The second-order valence-electron chi connectivity index (χ2n) is 23.9. The van der Waals surface area contributed by atoms with Gasteiger partial charge in [-0.2, -0.15) is 0 Å². The predicted molar refractivity (Wildman–Crippen MR) is 331 cm³/mol. The van der Waals surface area contributed by atoms with E-state index >= 15 is 0 Å². The molecule has 0 amide bonds. The number of aliphatic hydroxyl groups excluding tert-OH is 1. The lowest BCUT2D eigenvalue weighted by atomic mass is 9.99. The number of phosphoric ester groups is 2. The molecule has 492 valence electrons. The van der Waals surface area contributed by atoms with Gasteiger partial charge in [-0.3, -0.25) is 37.3 Å². The van der Waals surface area contributed by atoms with E-state index < -0.39 is 97.5 Å². The van der Waals surface area contributed by atoms with Crippen molar-refractivity contribution < 1.29 is 80.2 Å². The summed E-state index contributed by atoms with van der Waals surface area (Å²) >= 11 is 0. The SMILES string of the molecule is CCCCCCCCCCCCCCCCCC(=O)O[C@H](COC(=O)CCCCCCCCCCC(C)CC)COP(=O)(O)OC[C@@H](O)COP(=O)(O)OC[C@@H](COC(=O)CCCCCCCCC)OC(=O)CCCCCCCCC(C)C. The van der Waals surface area contributed by atoms with Gasteiger partial charge in [0.2, 0.25) is 0 Å². The van der Waals surface area contributed by atoms with Crippen molar-refractivity contribution in [3.8, 4) is 0 Å². The van der Waals surface area contributed by atoms with Crippen LogP contribution in [0.2, 0.25) is 0 Å². The number of hydrogen-bond donors (Lipinski definition) is 3. The van der Waals surface area contributed by atoms with Gasteiger partial charge in [0.25, 0.3) is 0 Å². The molecular weight excluding hydrogens is 1100 g/mol. The van der Waals surface area contributed by atoms with Crippen LogP contribution in [-0.2, 0) is 65.4 Å². The van der Waals surface area contributed by atoms with E-state index in [1.165, 1.54) is 122 Å². The van der Waals surface area contributed by atoms with Crippen molar-refractivity contribution in [2.24, 2.45) is 11.8 Å². The van der Waals surface area contributed by atoms with Crippen LogP contribution >= 0.6 is 15.6 Å². The van der Waals surface area contributed by atoms with Gasteiger partial charge in [-0.15, -0.1) is 0 Å². The molecule has 0 saturated carbocycles. The summed E-state index contributed by atoms with van der Waals surface area (Å²) in [5.74, 6) is -0.694. The number of esters is 4. The number of ether oxygens (including phenoxy) is 4. The van der Waals surface area contributed by atoms with Crippen LogP contribution in [0.4, 0.5) is 0 Å². The molecule has 0 aromatic carbocycles. The monoisotopic (exact) mass is 1230 g/mol. The van der Waals surface area contributed by atoms with Gasteiger partial charge in [0, 0.05) is 25.7 Å². The average Bonchev–Trinajstić information content (AvgIpc) is 3.49. The fraction of sp³-hybridized carbons (Fsp3) is 0.938. The average molecular weight is 1230 g/mol. The van der Waals surface area contributed by atoms with Crippen molar-refractivity contribution in [1.29, 1.82) is 0 Å². The zero-order valence-electron chi connectivity index (χ0n) is 53.5. The number of unbranched alkanes of at least 4 members (excludes halogenated alkanes) is 32. The molecule has 0 bridgehead atoms. The summed E-state index contributed by atoms with van der Waals surface area (Å²) < 4.78 is 67.9. The number of rotatable bonds is 63. The lowest BCUT2D eigenvalue weighted by molar-refractivity contribution is -0.161. The van der Waals surface area contributed by atoms with Gasteiger partial charge in [-0.1, -0.05) is 266 Å². The Kier molecular flexibility index (Phi) is 55.2. The lowest BCUT2D eigenvalue weighted by Gasteiger charge is -2.21.